The molecular formula is C45H68N10O10. The van der Waals surface area contributed by atoms with Crippen molar-refractivity contribution in [3.63, 3.8) is 0 Å². The molecule has 7 atom stereocenters. The molecule has 2 aliphatic rings. The van der Waals surface area contributed by atoms with E-state index in [-0.39, 0.29) is 66.4 Å². The predicted octanol–water partition coefficient (Wildman–Crippen LogP) is -0.0404. The topological polar surface area (TPSA) is 325 Å². The summed E-state index contributed by atoms with van der Waals surface area (Å²) < 4.78 is 0. The maximum atomic E-state index is 14.4. The number of primary amides is 1. The van der Waals surface area contributed by atoms with Gasteiger partial charge in [-0.2, -0.15) is 0 Å². The first-order chi connectivity index (χ1) is 31.0. The molecule has 2 aliphatic heterocycles. The molecule has 4 rings (SSSR count). The van der Waals surface area contributed by atoms with Crippen LogP contribution in [0.25, 0.3) is 11.1 Å². The lowest BCUT2D eigenvalue weighted by Gasteiger charge is -2.34. The third kappa shape index (κ3) is 14.6. The molecule has 358 valence electrons. The van der Waals surface area contributed by atoms with Gasteiger partial charge >= 0.3 is 0 Å². The fourth-order valence-electron chi connectivity index (χ4n) is 8.12. The zero-order valence-corrected chi connectivity index (χ0v) is 37.6. The Morgan fingerprint density at radius 1 is 0.923 bits per heavy atom. The number of hydrogen-bond donors (Lipinski definition) is 11. The molecule has 0 aromatic heterocycles. The lowest BCUT2D eigenvalue weighted by molar-refractivity contribution is -0.142. The molecule has 1 saturated heterocycles. The van der Waals surface area contributed by atoms with Gasteiger partial charge < -0.3 is 63.6 Å². The molecule has 7 unspecified atom stereocenters. The minimum atomic E-state index is -1.61. The largest absolute Gasteiger partial charge is 0.507 e. The van der Waals surface area contributed by atoms with E-state index in [0.29, 0.717) is 44.2 Å². The molecule has 20 heteroatoms. The number of rotatable bonds is 20. The second kappa shape index (κ2) is 25.0. The fraction of sp³-hybridized carbons (Fsp3) is 0.578. The Labute approximate surface area is 379 Å². The van der Waals surface area contributed by atoms with Crippen LogP contribution in [-0.4, -0.2) is 130 Å². The third-order valence-corrected chi connectivity index (χ3v) is 11.8. The van der Waals surface area contributed by atoms with Crippen molar-refractivity contribution in [3.05, 3.63) is 47.5 Å². The molecular weight excluding hydrogens is 841 g/mol. The quantitative estimate of drug-likeness (QED) is 0.0615. The molecule has 2 aromatic carbocycles. The molecule has 2 heterocycles. The summed E-state index contributed by atoms with van der Waals surface area (Å²) in [7, 11) is 1.38. The van der Waals surface area contributed by atoms with E-state index in [0.717, 1.165) is 37.0 Å². The van der Waals surface area contributed by atoms with Crippen LogP contribution in [0.1, 0.15) is 108 Å². The molecule has 14 N–H and O–H groups in total. The van der Waals surface area contributed by atoms with E-state index in [9.17, 15) is 48.9 Å². The van der Waals surface area contributed by atoms with Crippen molar-refractivity contribution in [2.75, 3.05) is 26.7 Å². The summed E-state index contributed by atoms with van der Waals surface area (Å²) >= 11 is 0. The number of aliphatic hydroxyl groups excluding tert-OH is 1. The second-order valence-corrected chi connectivity index (χ2v) is 16.9. The second-order valence-electron chi connectivity index (χ2n) is 16.9. The molecule has 20 nitrogen and oxygen atoms in total. The van der Waals surface area contributed by atoms with Crippen LogP contribution in [0.15, 0.2) is 36.4 Å². The van der Waals surface area contributed by atoms with Crippen LogP contribution in [0.5, 0.6) is 11.5 Å². The molecule has 7 amide bonds. The van der Waals surface area contributed by atoms with Crippen molar-refractivity contribution in [2.24, 2.45) is 17.2 Å². The lowest BCUT2D eigenvalue weighted by Crippen LogP contribution is -2.61. The molecule has 1 fully saturated rings. The number of nitrogens with one attached hydrogen (secondary N) is 5. The van der Waals surface area contributed by atoms with E-state index in [4.69, 9.17) is 17.2 Å². The van der Waals surface area contributed by atoms with Gasteiger partial charge in [-0.15, -0.1) is 0 Å². The number of carbonyl (C=O) groups excluding carboxylic acids is 7. The van der Waals surface area contributed by atoms with E-state index < -0.39 is 78.0 Å². The number of unbranched alkanes of at least 4 members (excludes halogenated alkanes) is 5. The van der Waals surface area contributed by atoms with Crippen LogP contribution < -0.4 is 43.8 Å². The number of likely N-dealkylation sites (N-methyl/N-ethyl adjacent to an activating group) is 1. The van der Waals surface area contributed by atoms with Gasteiger partial charge in [-0.1, -0.05) is 44.7 Å². The number of carbonyl (C=O) groups is 7. The summed E-state index contributed by atoms with van der Waals surface area (Å²) in [5.41, 5.74) is 18.2. The number of likely N-dealkylation sites (tertiary alicyclic amines) is 1. The summed E-state index contributed by atoms with van der Waals surface area (Å²) in [6, 6.07) is 2.69. The monoisotopic (exact) mass is 909 g/mol. The minimum absolute atomic E-state index is 0.0617. The number of phenolic OH excluding ortho intramolecular Hbond substituents is 2. The molecule has 0 spiro atoms. The molecule has 0 radical (unpaired) electrons. The zero-order chi connectivity index (χ0) is 47.8. The summed E-state index contributed by atoms with van der Waals surface area (Å²) in [5.74, 6) is -4.90. The maximum Gasteiger partial charge on any atom is 0.260 e. The number of nitrogens with two attached hydrogens (primary N) is 3. The van der Waals surface area contributed by atoms with Crippen molar-refractivity contribution in [3.8, 4) is 22.6 Å². The van der Waals surface area contributed by atoms with Gasteiger partial charge in [-0.05, 0) is 93.8 Å². The van der Waals surface area contributed by atoms with Gasteiger partial charge in [0.25, 0.3) is 5.91 Å². The van der Waals surface area contributed by atoms with Crippen LogP contribution in [0.3, 0.4) is 0 Å². The lowest BCUT2D eigenvalue weighted by atomic mass is 9.93. The number of benzene rings is 2. The van der Waals surface area contributed by atoms with E-state index >= 15 is 0 Å². The highest BCUT2D eigenvalue weighted by Crippen LogP contribution is 2.39. The normalized spacial score (nSPS) is 20.7. The molecule has 4 bridgehead atoms. The Hall–Kier alpha value is -5.83. The van der Waals surface area contributed by atoms with Crippen LogP contribution in [0.4, 0.5) is 0 Å². The summed E-state index contributed by atoms with van der Waals surface area (Å²) in [4.78, 5) is 95.9. The molecule has 0 saturated carbocycles. The highest BCUT2D eigenvalue weighted by Gasteiger charge is 2.38. The average molecular weight is 909 g/mol. The van der Waals surface area contributed by atoms with Gasteiger partial charge in [0, 0.05) is 44.1 Å². The Bertz CT molecular complexity index is 2000. The van der Waals surface area contributed by atoms with Gasteiger partial charge in [-0.3, -0.25) is 38.9 Å². The molecule has 65 heavy (non-hydrogen) atoms. The van der Waals surface area contributed by atoms with Crippen molar-refractivity contribution < 1.29 is 48.9 Å². The number of phenols is 2. The summed E-state index contributed by atoms with van der Waals surface area (Å²) in [5, 5.41) is 47.2. The smallest absolute Gasteiger partial charge is 0.260 e. The van der Waals surface area contributed by atoms with Crippen LogP contribution in [-0.2, 0) is 40.0 Å². The first kappa shape index (κ1) is 51.8. The standard InChI is InChI=1S/C45H68N10O10/c1-4-5-6-7-8-14-36(58)49-21-19-37(59)51-31(12-9-10-20-46)44(64)54(3)38-28-16-18-35(57)30(25-28)29-23-27(15-17-34(29)56)24-32(52-41(61)26(2)50-43(38)63)42(62)53-39(47)45(65)55-22-11-13-33(55)40(48)60/h15-18,23,25-26,31-33,38-39,41,52,56-57,61H,4-14,19-22,24,46-47H2,1-3H3,(H2,48,60)(H,49,58)(H,50,63)(H,51,59)(H,53,62). The summed E-state index contributed by atoms with van der Waals surface area (Å²) in [6.45, 7) is 4.18. The average Bonchev–Trinajstić information content (AvgIpc) is 3.77. The Morgan fingerprint density at radius 2 is 1.62 bits per heavy atom. The fourth-order valence-corrected chi connectivity index (χ4v) is 8.12. The van der Waals surface area contributed by atoms with Gasteiger partial charge in [0.2, 0.25) is 35.4 Å². The third-order valence-electron chi connectivity index (χ3n) is 11.8. The SMILES string of the molecule is CCCCCCCC(=O)NCCC(=O)NC(CCCCN)C(=O)N(C)C1C(=O)NC(C)C(O)NC(C(=O)NC(N)C(=O)N2CCCC2C(N)=O)Cc2ccc(O)c(c2)-c2cc1ccc2O. The van der Waals surface area contributed by atoms with E-state index in [1.807, 2.05) is 0 Å². The van der Waals surface area contributed by atoms with Crippen molar-refractivity contribution in [1.29, 1.82) is 0 Å². The van der Waals surface area contributed by atoms with Gasteiger partial charge in [0.05, 0.1) is 12.1 Å². The Kier molecular flexibility index (Phi) is 19.9. The first-order valence-corrected chi connectivity index (χ1v) is 22.5. The van der Waals surface area contributed by atoms with Crippen molar-refractivity contribution in [2.45, 2.75) is 140 Å². The van der Waals surface area contributed by atoms with Crippen molar-refractivity contribution >= 4 is 41.4 Å². The van der Waals surface area contributed by atoms with Crippen LogP contribution in [0.2, 0.25) is 0 Å². The molecule has 2 aromatic rings. The van der Waals surface area contributed by atoms with E-state index in [1.165, 1.54) is 55.3 Å². The van der Waals surface area contributed by atoms with Crippen molar-refractivity contribution in [1.82, 2.24) is 36.4 Å². The Morgan fingerprint density at radius 3 is 2.31 bits per heavy atom. The van der Waals surface area contributed by atoms with Gasteiger partial charge in [-0.25, -0.2) is 0 Å². The molecule has 0 aliphatic carbocycles. The number of fused-ring (bicyclic) bond motifs is 5. The van der Waals surface area contributed by atoms with E-state index in [1.54, 1.807) is 0 Å². The maximum absolute atomic E-state index is 14.4. The highest BCUT2D eigenvalue weighted by molar-refractivity contribution is 5.94. The van der Waals surface area contributed by atoms with Gasteiger partial charge in [0.1, 0.15) is 35.9 Å². The zero-order valence-electron chi connectivity index (χ0n) is 37.6. The van der Waals surface area contributed by atoms with Gasteiger partial charge in [0.15, 0.2) is 6.17 Å². The minimum Gasteiger partial charge on any atom is -0.507 e. The highest BCUT2D eigenvalue weighted by atomic mass is 16.3. The number of aliphatic hydroxyl groups is 1. The first-order valence-electron chi connectivity index (χ1n) is 22.5. The van der Waals surface area contributed by atoms with Crippen LogP contribution in [0, 0.1) is 0 Å². The number of aromatic hydroxyl groups is 2. The summed E-state index contributed by atoms with van der Waals surface area (Å²) in [6.07, 6.45) is 3.89. The number of nitrogens with zero attached hydrogens (tertiary/aromatic N) is 2. The predicted molar refractivity (Wildman–Crippen MR) is 241 cm³/mol. The number of amides is 7. The van der Waals surface area contributed by atoms with E-state index in [2.05, 4.69) is 33.5 Å². The number of hydrogen-bond acceptors (Lipinski definition) is 13. The van der Waals surface area contributed by atoms with Crippen LogP contribution >= 0.6 is 0 Å². The Balaban J connectivity index is 1.61.